The van der Waals surface area contributed by atoms with Crippen molar-refractivity contribution in [3.63, 3.8) is 0 Å². The number of hydrogen-bond acceptors (Lipinski definition) is 2. The molecule has 0 aromatic carbocycles. The summed E-state index contributed by atoms with van der Waals surface area (Å²) in [5, 5.41) is 1.12. The maximum Gasteiger partial charge on any atom is 0.0651 e. The van der Waals surface area contributed by atoms with E-state index in [1.54, 1.807) is 12.4 Å². The van der Waals surface area contributed by atoms with E-state index < -0.39 is 0 Å². The fourth-order valence-electron chi connectivity index (χ4n) is 1.53. The van der Waals surface area contributed by atoms with Crippen molar-refractivity contribution in [2.75, 3.05) is 0 Å². The van der Waals surface area contributed by atoms with Crippen molar-refractivity contribution < 1.29 is 0 Å². The van der Waals surface area contributed by atoms with E-state index in [-0.39, 0.29) is 6.04 Å². The minimum atomic E-state index is -0.0838. The summed E-state index contributed by atoms with van der Waals surface area (Å²) in [6.07, 6.45) is 7.56. The van der Waals surface area contributed by atoms with Crippen molar-refractivity contribution in [1.82, 2.24) is 4.98 Å². The van der Waals surface area contributed by atoms with E-state index >= 15 is 0 Å². The maximum atomic E-state index is 6.04. The largest absolute Gasteiger partial charge is 0.324 e. The molecule has 84 valence electrons. The van der Waals surface area contributed by atoms with Gasteiger partial charge in [-0.25, -0.2) is 0 Å². The van der Waals surface area contributed by atoms with Crippen LogP contribution in [-0.4, -0.2) is 4.98 Å². The Morgan fingerprint density at radius 1 is 1.27 bits per heavy atom. The molecule has 4 heteroatoms. The standard InChI is InChI=1S/C11H16Cl2N2/c1-2-3-4-5-10(14)11-8(12)6-15-7-9(11)13/h6-7,10H,2-5,14H2,1H3/t10-/m0/s1. The number of rotatable bonds is 5. The molecule has 0 amide bonds. The lowest BCUT2D eigenvalue weighted by Gasteiger charge is -2.14. The monoisotopic (exact) mass is 246 g/mol. The van der Waals surface area contributed by atoms with Crippen molar-refractivity contribution in [1.29, 1.82) is 0 Å². The zero-order valence-electron chi connectivity index (χ0n) is 8.84. The van der Waals surface area contributed by atoms with Crippen LogP contribution in [0.2, 0.25) is 10.0 Å². The summed E-state index contributed by atoms with van der Waals surface area (Å²) in [4.78, 5) is 3.90. The highest BCUT2D eigenvalue weighted by Gasteiger charge is 2.13. The molecular formula is C11H16Cl2N2. The first-order valence-corrected chi connectivity index (χ1v) is 5.97. The molecule has 0 saturated carbocycles. The van der Waals surface area contributed by atoms with Gasteiger partial charge in [-0.1, -0.05) is 49.4 Å². The van der Waals surface area contributed by atoms with E-state index in [2.05, 4.69) is 11.9 Å². The Morgan fingerprint density at radius 2 is 1.87 bits per heavy atom. The molecule has 0 radical (unpaired) electrons. The van der Waals surface area contributed by atoms with Gasteiger partial charge in [-0.2, -0.15) is 0 Å². The molecule has 0 unspecified atom stereocenters. The highest BCUT2D eigenvalue weighted by atomic mass is 35.5. The fraction of sp³-hybridized carbons (Fsp3) is 0.545. The molecule has 0 saturated heterocycles. The SMILES string of the molecule is CCCCC[C@H](N)c1c(Cl)cncc1Cl. The number of halogens is 2. The van der Waals surface area contributed by atoms with Crippen LogP contribution in [0.15, 0.2) is 12.4 Å². The van der Waals surface area contributed by atoms with Gasteiger partial charge in [-0.3, -0.25) is 4.98 Å². The van der Waals surface area contributed by atoms with E-state index in [0.29, 0.717) is 10.0 Å². The van der Waals surface area contributed by atoms with Gasteiger partial charge in [0.25, 0.3) is 0 Å². The highest BCUT2D eigenvalue weighted by molar-refractivity contribution is 6.35. The molecule has 1 heterocycles. The van der Waals surface area contributed by atoms with Gasteiger partial charge in [0.05, 0.1) is 10.0 Å². The average Bonchev–Trinajstić information content (AvgIpc) is 2.18. The molecular weight excluding hydrogens is 231 g/mol. The minimum absolute atomic E-state index is 0.0838. The second kappa shape index (κ2) is 6.31. The van der Waals surface area contributed by atoms with Crippen LogP contribution in [0, 0.1) is 0 Å². The third-order valence-corrected chi connectivity index (χ3v) is 2.98. The number of aromatic nitrogens is 1. The van der Waals surface area contributed by atoms with Gasteiger partial charge in [0.1, 0.15) is 0 Å². The van der Waals surface area contributed by atoms with Crippen LogP contribution in [-0.2, 0) is 0 Å². The minimum Gasteiger partial charge on any atom is -0.324 e. The summed E-state index contributed by atoms with van der Waals surface area (Å²) < 4.78 is 0. The topological polar surface area (TPSA) is 38.9 Å². The molecule has 0 aliphatic carbocycles. The summed E-state index contributed by atoms with van der Waals surface area (Å²) >= 11 is 12.0. The lowest BCUT2D eigenvalue weighted by Crippen LogP contribution is -2.11. The normalized spacial score (nSPS) is 12.8. The summed E-state index contributed by atoms with van der Waals surface area (Å²) in [6, 6.07) is -0.0838. The second-order valence-corrected chi connectivity index (χ2v) is 4.43. The van der Waals surface area contributed by atoms with E-state index in [9.17, 15) is 0 Å². The van der Waals surface area contributed by atoms with Crippen LogP contribution in [0.5, 0.6) is 0 Å². The van der Waals surface area contributed by atoms with Gasteiger partial charge in [-0.15, -0.1) is 0 Å². The lowest BCUT2D eigenvalue weighted by molar-refractivity contribution is 0.581. The molecule has 1 aromatic heterocycles. The number of unbranched alkanes of at least 4 members (excludes halogenated alkanes) is 2. The quantitative estimate of drug-likeness (QED) is 0.799. The summed E-state index contributed by atoms with van der Waals surface area (Å²) in [5.74, 6) is 0. The number of nitrogens with two attached hydrogens (primary N) is 1. The molecule has 2 N–H and O–H groups in total. The van der Waals surface area contributed by atoms with Crippen molar-refractivity contribution in [2.24, 2.45) is 5.73 Å². The Labute approximate surface area is 101 Å². The summed E-state index contributed by atoms with van der Waals surface area (Å²) in [7, 11) is 0. The highest BCUT2D eigenvalue weighted by Crippen LogP contribution is 2.30. The van der Waals surface area contributed by atoms with Crippen LogP contribution in [0.4, 0.5) is 0 Å². The summed E-state index contributed by atoms with van der Waals surface area (Å²) in [5.41, 5.74) is 6.86. The second-order valence-electron chi connectivity index (χ2n) is 3.62. The first-order chi connectivity index (χ1) is 7.16. The predicted octanol–water partition coefficient (Wildman–Crippen LogP) is 3.97. The van der Waals surface area contributed by atoms with Gasteiger partial charge < -0.3 is 5.73 Å². The molecule has 0 aliphatic heterocycles. The molecule has 1 aromatic rings. The Morgan fingerprint density at radius 3 is 2.40 bits per heavy atom. The van der Waals surface area contributed by atoms with Crippen molar-refractivity contribution in [2.45, 2.75) is 38.6 Å². The van der Waals surface area contributed by atoms with Crippen LogP contribution in [0.1, 0.15) is 44.2 Å². The van der Waals surface area contributed by atoms with Crippen molar-refractivity contribution in [3.05, 3.63) is 28.0 Å². The van der Waals surface area contributed by atoms with Gasteiger partial charge in [0.2, 0.25) is 0 Å². The molecule has 0 spiro atoms. The van der Waals surface area contributed by atoms with Crippen molar-refractivity contribution in [3.8, 4) is 0 Å². The molecule has 0 bridgehead atoms. The maximum absolute atomic E-state index is 6.04. The number of nitrogens with zero attached hydrogens (tertiary/aromatic N) is 1. The van der Waals surface area contributed by atoms with E-state index in [0.717, 1.165) is 18.4 Å². The Kier molecular flexibility index (Phi) is 5.37. The van der Waals surface area contributed by atoms with Gasteiger partial charge >= 0.3 is 0 Å². The first kappa shape index (κ1) is 12.8. The molecule has 15 heavy (non-hydrogen) atoms. The average molecular weight is 247 g/mol. The zero-order chi connectivity index (χ0) is 11.3. The van der Waals surface area contributed by atoms with Crippen molar-refractivity contribution >= 4 is 23.2 Å². The van der Waals surface area contributed by atoms with Crippen LogP contribution in [0.3, 0.4) is 0 Å². The lowest BCUT2D eigenvalue weighted by atomic mass is 10.0. The molecule has 1 atom stereocenters. The molecule has 0 fully saturated rings. The van der Waals surface area contributed by atoms with Gasteiger partial charge in [0, 0.05) is 24.0 Å². The van der Waals surface area contributed by atoms with Gasteiger partial charge in [-0.05, 0) is 6.42 Å². The van der Waals surface area contributed by atoms with E-state index in [1.807, 2.05) is 0 Å². The van der Waals surface area contributed by atoms with E-state index in [1.165, 1.54) is 12.8 Å². The molecule has 2 nitrogen and oxygen atoms in total. The Hall–Kier alpha value is -0.310. The Balaban J connectivity index is 2.68. The third-order valence-electron chi connectivity index (χ3n) is 2.38. The fourth-order valence-corrected chi connectivity index (χ4v) is 2.18. The first-order valence-electron chi connectivity index (χ1n) is 5.21. The Bertz CT molecular complexity index is 295. The third kappa shape index (κ3) is 3.63. The van der Waals surface area contributed by atoms with E-state index in [4.69, 9.17) is 28.9 Å². The molecule has 0 aliphatic rings. The zero-order valence-corrected chi connectivity index (χ0v) is 10.4. The van der Waals surface area contributed by atoms with Gasteiger partial charge in [0.15, 0.2) is 0 Å². The van der Waals surface area contributed by atoms with Crippen LogP contribution in [0.25, 0.3) is 0 Å². The summed E-state index contributed by atoms with van der Waals surface area (Å²) in [6.45, 7) is 2.16. The number of pyridine rings is 1. The van der Waals surface area contributed by atoms with Crippen LogP contribution >= 0.6 is 23.2 Å². The smallest absolute Gasteiger partial charge is 0.0651 e. The number of hydrogen-bond donors (Lipinski definition) is 1. The van der Waals surface area contributed by atoms with Crippen LogP contribution < -0.4 is 5.73 Å². The molecule has 1 rings (SSSR count). The predicted molar refractivity (Wildman–Crippen MR) is 65.3 cm³/mol.